The van der Waals surface area contributed by atoms with Crippen LogP contribution in [0.3, 0.4) is 0 Å². The molecule has 0 fully saturated rings. The highest BCUT2D eigenvalue weighted by Gasteiger charge is 1.93. The molecular formula is C4H9ClO3S. The summed E-state index contributed by atoms with van der Waals surface area (Å²) < 4.78 is 26.9. The van der Waals surface area contributed by atoms with Gasteiger partial charge in [0.05, 0.1) is 5.75 Å². The first-order chi connectivity index (χ1) is 3.97. The summed E-state index contributed by atoms with van der Waals surface area (Å²) in [6.07, 6.45) is 0. The van der Waals surface area contributed by atoms with Gasteiger partial charge in [0, 0.05) is 0 Å². The molecule has 0 heterocycles. The van der Waals surface area contributed by atoms with Crippen LogP contribution in [0.2, 0.25) is 0 Å². The lowest BCUT2D eigenvalue weighted by Gasteiger charge is -1.79. The van der Waals surface area contributed by atoms with Gasteiger partial charge in [0.1, 0.15) is 0 Å². The average Bonchev–Trinajstić information content (AvgIpc) is 1.67. The van der Waals surface area contributed by atoms with Crippen LogP contribution < -0.4 is 0 Å². The third kappa shape index (κ3) is 32.4. The van der Waals surface area contributed by atoms with E-state index in [-0.39, 0.29) is 5.75 Å². The van der Waals surface area contributed by atoms with E-state index in [1.54, 1.807) is 0 Å². The minimum Gasteiger partial charge on any atom is -0.286 e. The van der Waals surface area contributed by atoms with Gasteiger partial charge in [-0.3, -0.25) is 4.55 Å². The van der Waals surface area contributed by atoms with Crippen molar-refractivity contribution >= 4 is 21.7 Å². The lowest BCUT2D eigenvalue weighted by molar-refractivity contribution is 0.484. The van der Waals surface area contributed by atoms with E-state index in [4.69, 9.17) is 16.2 Å². The Balaban J connectivity index is 0. The fraction of sp³-hybridized carbons (Fsp3) is 0.500. The highest BCUT2D eigenvalue weighted by atomic mass is 35.5. The first-order valence-electron chi connectivity index (χ1n) is 2.14. The maximum atomic E-state index is 9.56. The van der Waals surface area contributed by atoms with Crippen LogP contribution >= 0.6 is 11.6 Å². The molecule has 0 amide bonds. The average molecular weight is 173 g/mol. The Bertz CT molecular complexity index is 149. The van der Waals surface area contributed by atoms with Crippen LogP contribution in [0.1, 0.15) is 6.92 Å². The van der Waals surface area contributed by atoms with Gasteiger partial charge in [-0.05, 0) is 12.5 Å². The van der Waals surface area contributed by atoms with Gasteiger partial charge in [0.15, 0.2) is 0 Å². The van der Waals surface area contributed by atoms with Crippen LogP contribution in [0.5, 0.6) is 0 Å². The number of hydrogen-bond acceptors (Lipinski definition) is 2. The molecule has 0 radical (unpaired) electrons. The fourth-order valence-electron chi connectivity index (χ4n) is 0. The molecule has 0 unspecified atom stereocenters. The summed E-state index contributed by atoms with van der Waals surface area (Å²) in [5, 5.41) is 0. The lowest BCUT2D eigenvalue weighted by Crippen LogP contribution is -1.97. The SMILES string of the molecule is C=CCl.CCS(=O)(=O)O. The minimum atomic E-state index is -3.66. The molecular weight excluding hydrogens is 164 g/mol. The minimum absolute atomic E-state index is 0.201. The fourth-order valence-corrected chi connectivity index (χ4v) is 0. The second-order valence-corrected chi connectivity index (χ2v) is 3.07. The van der Waals surface area contributed by atoms with Crippen molar-refractivity contribution in [2.24, 2.45) is 0 Å². The zero-order valence-corrected chi connectivity index (χ0v) is 6.61. The van der Waals surface area contributed by atoms with Gasteiger partial charge in [-0.15, -0.1) is 0 Å². The summed E-state index contributed by atoms with van der Waals surface area (Å²) in [7, 11) is -3.66. The molecule has 0 saturated heterocycles. The Labute approximate surface area is 60.1 Å². The molecule has 5 heteroatoms. The van der Waals surface area contributed by atoms with Gasteiger partial charge in [-0.1, -0.05) is 18.2 Å². The molecule has 0 aliphatic heterocycles. The smallest absolute Gasteiger partial charge is 0.264 e. The molecule has 0 aromatic rings. The van der Waals surface area contributed by atoms with Crippen LogP contribution in [0.15, 0.2) is 12.1 Å². The van der Waals surface area contributed by atoms with Gasteiger partial charge in [0.2, 0.25) is 0 Å². The highest BCUT2D eigenvalue weighted by molar-refractivity contribution is 7.85. The molecule has 1 N–H and O–H groups in total. The quantitative estimate of drug-likeness (QED) is 0.606. The number of rotatable bonds is 1. The molecule has 56 valence electrons. The Hall–Kier alpha value is -0.0600. The van der Waals surface area contributed by atoms with E-state index in [9.17, 15) is 8.42 Å². The molecule has 0 atom stereocenters. The van der Waals surface area contributed by atoms with Crippen LogP contribution in [-0.2, 0) is 10.1 Å². The molecule has 0 spiro atoms. The van der Waals surface area contributed by atoms with Crippen molar-refractivity contribution in [2.45, 2.75) is 6.92 Å². The Morgan fingerprint density at radius 3 is 1.89 bits per heavy atom. The molecule has 0 rings (SSSR count). The maximum absolute atomic E-state index is 9.56. The third-order valence-corrected chi connectivity index (χ3v) is 1.09. The predicted octanol–water partition coefficient (Wildman–Crippen LogP) is 1.26. The van der Waals surface area contributed by atoms with Crippen molar-refractivity contribution in [3.8, 4) is 0 Å². The summed E-state index contributed by atoms with van der Waals surface area (Å²) in [4.78, 5) is 0. The van der Waals surface area contributed by atoms with Crippen LogP contribution in [0.25, 0.3) is 0 Å². The molecule has 0 aromatic carbocycles. The van der Waals surface area contributed by atoms with E-state index in [1.165, 1.54) is 12.5 Å². The zero-order valence-electron chi connectivity index (χ0n) is 5.04. The van der Waals surface area contributed by atoms with E-state index >= 15 is 0 Å². The van der Waals surface area contributed by atoms with E-state index in [1.807, 2.05) is 0 Å². The van der Waals surface area contributed by atoms with Gasteiger partial charge < -0.3 is 0 Å². The first-order valence-corrected chi connectivity index (χ1v) is 4.18. The molecule has 9 heavy (non-hydrogen) atoms. The van der Waals surface area contributed by atoms with Crippen LogP contribution in [0.4, 0.5) is 0 Å². The Morgan fingerprint density at radius 2 is 1.89 bits per heavy atom. The number of halogens is 1. The second-order valence-electron chi connectivity index (χ2n) is 1.02. The molecule has 0 aromatic heterocycles. The monoisotopic (exact) mass is 172 g/mol. The summed E-state index contributed by atoms with van der Waals surface area (Å²) in [6, 6.07) is 0. The summed E-state index contributed by atoms with van der Waals surface area (Å²) in [6.45, 7) is 4.50. The third-order valence-electron chi connectivity index (χ3n) is 0.365. The summed E-state index contributed by atoms with van der Waals surface area (Å²) in [5.41, 5.74) is 1.22. The van der Waals surface area contributed by atoms with Gasteiger partial charge >= 0.3 is 0 Å². The largest absolute Gasteiger partial charge is 0.286 e. The number of hydrogen-bond donors (Lipinski definition) is 1. The van der Waals surface area contributed by atoms with Crippen molar-refractivity contribution in [3.63, 3.8) is 0 Å². The van der Waals surface area contributed by atoms with E-state index in [0.29, 0.717) is 0 Å². The topological polar surface area (TPSA) is 54.4 Å². The van der Waals surface area contributed by atoms with Crippen molar-refractivity contribution in [1.29, 1.82) is 0 Å². The first kappa shape index (κ1) is 11.7. The Morgan fingerprint density at radius 1 is 1.78 bits per heavy atom. The highest BCUT2D eigenvalue weighted by Crippen LogP contribution is 1.74. The van der Waals surface area contributed by atoms with Crippen LogP contribution in [0, 0.1) is 0 Å². The predicted molar refractivity (Wildman–Crippen MR) is 38.1 cm³/mol. The summed E-state index contributed by atoms with van der Waals surface area (Å²) >= 11 is 4.76. The molecule has 0 aliphatic carbocycles. The zero-order chi connectivity index (χ0) is 7.91. The summed E-state index contributed by atoms with van der Waals surface area (Å²) in [5.74, 6) is -0.201. The lowest BCUT2D eigenvalue weighted by atomic mass is 11.0. The van der Waals surface area contributed by atoms with Crippen molar-refractivity contribution in [2.75, 3.05) is 5.75 Å². The van der Waals surface area contributed by atoms with Crippen LogP contribution in [-0.4, -0.2) is 18.7 Å². The molecule has 0 saturated carbocycles. The van der Waals surface area contributed by atoms with Gasteiger partial charge in [0.25, 0.3) is 10.1 Å². The van der Waals surface area contributed by atoms with E-state index in [2.05, 4.69) is 6.58 Å². The maximum Gasteiger partial charge on any atom is 0.264 e. The van der Waals surface area contributed by atoms with E-state index < -0.39 is 10.1 Å². The van der Waals surface area contributed by atoms with Crippen molar-refractivity contribution in [3.05, 3.63) is 12.1 Å². The second kappa shape index (κ2) is 6.07. The molecule has 0 aliphatic rings. The van der Waals surface area contributed by atoms with E-state index in [0.717, 1.165) is 0 Å². The van der Waals surface area contributed by atoms with Gasteiger partial charge in [-0.25, -0.2) is 0 Å². The van der Waals surface area contributed by atoms with Gasteiger partial charge in [-0.2, -0.15) is 8.42 Å². The molecule has 0 bridgehead atoms. The standard InChI is InChI=1S/C2H3Cl.C2H6O3S/c1-2-3;1-2-6(3,4)5/h2H,1H2;2H2,1H3,(H,3,4,5). The normalized spacial score (nSPS) is 9.22. The van der Waals surface area contributed by atoms with Crippen molar-refractivity contribution in [1.82, 2.24) is 0 Å². The van der Waals surface area contributed by atoms with Crippen molar-refractivity contribution < 1.29 is 13.0 Å². The Kier molecular flexibility index (Phi) is 7.89. The molecule has 3 nitrogen and oxygen atoms in total.